The third-order valence-corrected chi connectivity index (χ3v) is 3.28. The van der Waals surface area contributed by atoms with Crippen LogP contribution in [-0.4, -0.2) is 6.04 Å². The van der Waals surface area contributed by atoms with Crippen LogP contribution in [0.3, 0.4) is 0 Å². The van der Waals surface area contributed by atoms with E-state index in [0.29, 0.717) is 23.7 Å². The molecule has 106 valence electrons. The number of rotatable bonds is 4. The lowest BCUT2D eigenvalue weighted by atomic mass is 10.0. The second kappa shape index (κ2) is 6.33. The standard InChI is InChI=1S/C16H16ClF2N/c1-10(2)20-9-11-3-6-16(19)14(7-11)13-5-4-12(18)8-15(13)17/h3-8,10,20H,9H2,1-2H3. The van der Waals surface area contributed by atoms with Crippen molar-refractivity contribution in [3.8, 4) is 11.1 Å². The molecule has 0 radical (unpaired) electrons. The molecule has 0 saturated carbocycles. The molecule has 0 unspecified atom stereocenters. The molecule has 0 aromatic heterocycles. The van der Waals surface area contributed by atoms with Gasteiger partial charge in [-0.15, -0.1) is 0 Å². The minimum atomic E-state index is -0.434. The van der Waals surface area contributed by atoms with Crippen LogP contribution in [0, 0.1) is 11.6 Å². The van der Waals surface area contributed by atoms with Crippen LogP contribution in [0.1, 0.15) is 19.4 Å². The van der Waals surface area contributed by atoms with Crippen molar-refractivity contribution >= 4 is 11.6 Å². The van der Waals surface area contributed by atoms with Gasteiger partial charge in [-0.2, -0.15) is 0 Å². The Morgan fingerprint density at radius 3 is 2.45 bits per heavy atom. The zero-order valence-electron chi connectivity index (χ0n) is 11.4. The maximum atomic E-state index is 14.0. The highest BCUT2D eigenvalue weighted by atomic mass is 35.5. The van der Waals surface area contributed by atoms with Gasteiger partial charge in [-0.1, -0.05) is 31.5 Å². The summed E-state index contributed by atoms with van der Waals surface area (Å²) in [5.74, 6) is -0.802. The first kappa shape index (κ1) is 14.9. The maximum absolute atomic E-state index is 14.0. The monoisotopic (exact) mass is 295 g/mol. The van der Waals surface area contributed by atoms with E-state index < -0.39 is 5.82 Å². The average molecular weight is 296 g/mol. The van der Waals surface area contributed by atoms with E-state index in [4.69, 9.17) is 11.6 Å². The van der Waals surface area contributed by atoms with Crippen molar-refractivity contribution in [1.29, 1.82) is 0 Å². The molecule has 0 heterocycles. The van der Waals surface area contributed by atoms with Crippen molar-refractivity contribution in [2.24, 2.45) is 0 Å². The lowest BCUT2D eigenvalue weighted by Crippen LogP contribution is -2.21. The minimum Gasteiger partial charge on any atom is -0.310 e. The van der Waals surface area contributed by atoms with Gasteiger partial charge in [0.05, 0.1) is 5.02 Å². The van der Waals surface area contributed by atoms with E-state index in [1.165, 1.54) is 24.3 Å². The first-order chi connectivity index (χ1) is 9.47. The topological polar surface area (TPSA) is 12.0 Å². The van der Waals surface area contributed by atoms with E-state index in [1.54, 1.807) is 12.1 Å². The summed E-state index contributed by atoms with van der Waals surface area (Å²) in [7, 11) is 0. The highest BCUT2D eigenvalue weighted by molar-refractivity contribution is 6.33. The molecule has 0 bridgehead atoms. The molecular weight excluding hydrogens is 280 g/mol. The summed E-state index contributed by atoms with van der Waals surface area (Å²) in [6.07, 6.45) is 0. The Morgan fingerprint density at radius 1 is 1.05 bits per heavy atom. The maximum Gasteiger partial charge on any atom is 0.131 e. The molecule has 1 nitrogen and oxygen atoms in total. The van der Waals surface area contributed by atoms with Crippen LogP contribution >= 0.6 is 11.6 Å². The van der Waals surface area contributed by atoms with Gasteiger partial charge in [-0.05, 0) is 35.9 Å². The number of hydrogen-bond acceptors (Lipinski definition) is 1. The van der Waals surface area contributed by atoms with Crippen LogP contribution in [0.4, 0.5) is 8.78 Å². The van der Waals surface area contributed by atoms with Crippen molar-refractivity contribution in [1.82, 2.24) is 5.32 Å². The molecule has 0 aliphatic heterocycles. The Morgan fingerprint density at radius 2 is 1.80 bits per heavy atom. The second-order valence-corrected chi connectivity index (χ2v) is 5.38. The van der Waals surface area contributed by atoms with Crippen LogP contribution < -0.4 is 5.32 Å². The summed E-state index contributed by atoms with van der Waals surface area (Å²) >= 11 is 5.99. The fourth-order valence-corrected chi connectivity index (χ4v) is 2.19. The Hall–Kier alpha value is -1.45. The Balaban J connectivity index is 2.37. The summed E-state index contributed by atoms with van der Waals surface area (Å²) in [5.41, 5.74) is 1.84. The highest BCUT2D eigenvalue weighted by Crippen LogP contribution is 2.31. The normalized spacial score (nSPS) is 11.1. The largest absolute Gasteiger partial charge is 0.310 e. The first-order valence-electron chi connectivity index (χ1n) is 6.44. The molecule has 4 heteroatoms. The smallest absolute Gasteiger partial charge is 0.131 e. The number of hydrogen-bond donors (Lipinski definition) is 1. The zero-order valence-corrected chi connectivity index (χ0v) is 12.1. The zero-order chi connectivity index (χ0) is 14.7. The van der Waals surface area contributed by atoms with Gasteiger partial charge < -0.3 is 5.32 Å². The second-order valence-electron chi connectivity index (χ2n) is 4.97. The van der Waals surface area contributed by atoms with Gasteiger partial charge in [0.2, 0.25) is 0 Å². The van der Waals surface area contributed by atoms with Gasteiger partial charge >= 0.3 is 0 Å². The Labute approximate surface area is 122 Å². The average Bonchev–Trinajstić information content (AvgIpc) is 2.38. The molecule has 0 fully saturated rings. The van der Waals surface area contributed by atoms with Gasteiger partial charge in [0.15, 0.2) is 0 Å². The van der Waals surface area contributed by atoms with Crippen molar-refractivity contribution < 1.29 is 8.78 Å². The number of halogens is 3. The lowest BCUT2D eigenvalue weighted by molar-refractivity contribution is 0.586. The minimum absolute atomic E-state index is 0.206. The summed E-state index contributed by atoms with van der Waals surface area (Å²) in [6, 6.07) is 9.19. The van der Waals surface area contributed by atoms with Gasteiger partial charge in [-0.3, -0.25) is 0 Å². The van der Waals surface area contributed by atoms with Crippen LogP contribution in [0.25, 0.3) is 11.1 Å². The van der Waals surface area contributed by atoms with Crippen molar-refractivity contribution in [3.63, 3.8) is 0 Å². The summed E-state index contributed by atoms with van der Waals surface area (Å²) in [5, 5.41) is 3.47. The molecule has 2 aromatic rings. The predicted molar refractivity (Wildman–Crippen MR) is 78.8 cm³/mol. The summed E-state index contributed by atoms with van der Waals surface area (Å²) in [6.45, 7) is 4.73. The molecular formula is C16H16ClF2N. The van der Waals surface area contributed by atoms with E-state index in [9.17, 15) is 8.78 Å². The third-order valence-electron chi connectivity index (χ3n) is 2.97. The van der Waals surface area contributed by atoms with Crippen LogP contribution in [-0.2, 0) is 6.54 Å². The summed E-state index contributed by atoms with van der Waals surface area (Å²) in [4.78, 5) is 0. The number of benzene rings is 2. The van der Waals surface area contributed by atoms with Gasteiger partial charge in [0.1, 0.15) is 11.6 Å². The predicted octanol–water partition coefficient (Wildman–Crippen LogP) is 4.78. The molecule has 1 N–H and O–H groups in total. The molecule has 0 atom stereocenters. The lowest BCUT2D eigenvalue weighted by Gasteiger charge is -2.11. The molecule has 0 spiro atoms. The fraction of sp³-hybridized carbons (Fsp3) is 0.250. The molecule has 2 rings (SSSR count). The van der Waals surface area contributed by atoms with E-state index in [2.05, 4.69) is 5.32 Å². The van der Waals surface area contributed by atoms with Crippen LogP contribution in [0.2, 0.25) is 5.02 Å². The van der Waals surface area contributed by atoms with E-state index in [1.807, 2.05) is 13.8 Å². The highest BCUT2D eigenvalue weighted by Gasteiger charge is 2.11. The van der Waals surface area contributed by atoms with Crippen molar-refractivity contribution in [3.05, 3.63) is 58.6 Å². The van der Waals surface area contributed by atoms with Gasteiger partial charge in [0.25, 0.3) is 0 Å². The van der Waals surface area contributed by atoms with Crippen LogP contribution in [0.5, 0.6) is 0 Å². The molecule has 0 amide bonds. The van der Waals surface area contributed by atoms with Crippen molar-refractivity contribution in [2.75, 3.05) is 0 Å². The quantitative estimate of drug-likeness (QED) is 0.855. The van der Waals surface area contributed by atoms with Crippen molar-refractivity contribution in [2.45, 2.75) is 26.4 Å². The fourth-order valence-electron chi connectivity index (χ4n) is 1.92. The molecule has 2 aromatic carbocycles. The molecule has 20 heavy (non-hydrogen) atoms. The Bertz CT molecular complexity index is 611. The van der Waals surface area contributed by atoms with Gasteiger partial charge in [-0.25, -0.2) is 8.78 Å². The van der Waals surface area contributed by atoms with E-state index >= 15 is 0 Å². The summed E-state index contributed by atoms with van der Waals surface area (Å²) < 4.78 is 27.0. The van der Waals surface area contributed by atoms with E-state index in [0.717, 1.165) is 5.56 Å². The molecule has 0 aliphatic carbocycles. The van der Waals surface area contributed by atoms with Gasteiger partial charge in [0, 0.05) is 23.7 Å². The molecule has 0 saturated heterocycles. The Kier molecular flexibility index (Phi) is 4.73. The van der Waals surface area contributed by atoms with E-state index in [-0.39, 0.29) is 10.8 Å². The molecule has 0 aliphatic rings. The van der Waals surface area contributed by atoms with Crippen LogP contribution in [0.15, 0.2) is 36.4 Å². The first-order valence-corrected chi connectivity index (χ1v) is 6.82. The number of nitrogens with one attached hydrogen (secondary N) is 1. The SMILES string of the molecule is CC(C)NCc1ccc(F)c(-c2ccc(F)cc2Cl)c1. The third kappa shape index (κ3) is 3.56.